The summed E-state index contributed by atoms with van der Waals surface area (Å²) in [6.07, 6.45) is 1.41. The molecule has 0 aliphatic carbocycles. The molecule has 2 amide bonds. The minimum Gasteiger partial charge on any atom is -0.355 e. The Morgan fingerprint density at radius 2 is 1.91 bits per heavy atom. The van der Waals surface area contributed by atoms with Gasteiger partial charge in [-0.05, 0) is 37.8 Å². The molecule has 1 rings (SSSR count). The average Bonchev–Trinajstić information content (AvgIpc) is 2.50. The zero-order chi connectivity index (χ0) is 17.4. The number of nitrogens with one attached hydrogen (secondary N) is 3. The van der Waals surface area contributed by atoms with Crippen LogP contribution in [0.2, 0.25) is 0 Å². The average molecular weight is 318 g/mol. The van der Waals surface area contributed by atoms with Crippen molar-refractivity contribution < 1.29 is 9.59 Å². The predicted octanol–water partition coefficient (Wildman–Crippen LogP) is 0.438. The van der Waals surface area contributed by atoms with Gasteiger partial charge in [-0.3, -0.25) is 14.4 Å². The second kappa shape index (κ2) is 8.73. The van der Waals surface area contributed by atoms with Gasteiger partial charge in [-0.15, -0.1) is 0 Å². The molecule has 0 aliphatic rings. The number of H-pyrrole nitrogens is 1. The van der Waals surface area contributed by atoms with Crippen LogP contribution in [0.4, 0.5) is 0 Å². The van der Waals surface area contributed by atoms with Gasteiger partial charge in [0.2, 0.25) is 11.8 Å². The first kappa shape index (κ1) is 18.4. The fraction of sp³-hybridized carbons (Fsp3) is 0.500. The normalized spacial score (nSPS) is 10.0. The number of aromatic amines is 1. The van der Waals surface area contributed by atoms with Crippen LogP contribution in [-0.4, -0.2) is 29.9 Å². The van der Waals surface area contributed by atoms with E-state index in [4.69, 9.17) is 5.26 Å². The summed E-state index contributed by atoms with van der Waals surface area (Å²) in [5.74, 6) is -0.469. The van der Waals surface area contributed by atoms with Crippen molar-refractivity contribution in [3.63, 3.8) is 0 Å². The Bertz CT molecular complexity index is 686. The molecule has 0 unspecified atom stereocenters. The van der Waals surface area contributed by atoms with E-state index in [-0.39, 0.29) is 30.3 Å². The lowest BCUT2D eigenvalue weighted by Crippen LogP contribution is -2.37. The first-order valence-electron chi connectivity index (χ1n) is 7.56. The smallest absolute Gasteiger partial charge is 0.266 e. The van der Waals surface area contributed by atoms with Gasteiger partial charge in [0.15, 0.2) is 0 Å². The Labute approximate surface area is 135 Å². The molecule has 7 nitrogen and oxygen atoms in total. The Kier molecular flexibility index (Phi) is 7.00. The number of nitrogens with zero attached hydrogens (tertiary/aromatic N) is 1. The molecule has 0 saturated carbocycles. The zero-order valence-electron chi connectivity index (χ0n) is 13.7. The number of carbonyl (C=O) groups is 2. The van der Waals surface area contributed by atoms with Crippen molar-refractivity contribution in [2.45, 2.75) is 40.0 Å². The van der Waals surface area contributed by atoms with E-state index in [0.717, 1.165) is 12.0 Å². The summed E-state index contributed by atoms with van der Waals surface area (Å²) in [4.78, 5) is 37.5. The number of pyridine rings is 1. The predicted molar refractivity (Wildman–Crippen MR) is 85.9 cm³/mol. The summed E-state index contributed by atoms with van der Waals surface area (Å²) in [5, 5.41) is 14.2. The molecule has 0 aliphatic heterocycles. The van der Waals surface area contributed by atoms with E-state index in [1.165, 1.54) is 0 Å². The van der Waals surface area contributed by atoms with Gasteiger partial charge in [-0.2, -0.15) is 5.26 Å². The molecule has 124 valence electrons. The highest BCUT2D eigenvalue weighted by atomic mass is 16.2. The standard InChI is InChI=1S/C16H22N4O3/c1-4-7-18-15(22)9-19-14(21)6-5-12-10(2)13(8-17)16(23)20-11(12)3/h4-7,9H2,1-3H3,(H,18,22)(H,19,21)(H,20,23). The number of carbonyl (C=O) groups excluding carboxylic acids is 2. The van der Waals surface area contributed by atoms with Crippen LogP contribution in [0.3, 0.4) is 0 Å². The van der Waals surface area contributed by atoms with E-state index >= 15 is 0 Å². The lowest BCUT2D eigenvalue weighted by Gasteiger charge is -2.11. The molecular formula is C16H22N4O3. The zero-order valence-corrected chi connectivity index (χ0v) is 13.7. The quantitative estimate of drug-likeness (QED) is 0.676. The Hall–Kier alpha value is -2.62. The van der Waals surface area contributed by atoms with E-state index in [1.54, 1.807) is 13.8 Å². The third-order valence-electron chi connectivity index (χ3n) is 3.54. The van der Waals surface area contributed by atoms with Crippen molar-refractivity contribution in [1.82, 2.24) is 15.6 Å². The summed E-state index contributed by atoms with van der Waals surface area (Å²) in [7, 11) is 0. The van der Waals surface area contributed by atoms with Crippen molar-refractivity contribution in [2.75, 3.05) is 13.1 Å². The highest BCUT2D eigenvalue weighted by molar-refractivity contribution is 5.84. The first-order chi connectivity index (χ1) is 10.9. The van der Waals surface area contributed by atoms with Crippen molar-refractivity contribution in [2.24, 2.45) is 0 Å². The number of nitriles is 1. The van der Waals surface area contributed by atoms with E-state index in [1.807, 2.05) is 13.0 Å². The number of amides is 2. The van der Waals surface area contributed by atoms with Crippen LogP contribution in [0, 0.1) is 25.2 Å². The molecule has 1 aromatic heterocycles. The summed E-state index contributed by atoms with van der Waals surface area (Å²) in [6.45, 7) is 5.92. The minimum atomic E-state index is -0.414. The van der Waals surface area contributed by atoms with Gasteiger partial charge < -0.3 is 15.6 Å². The molecule has 0 radical (unpaired) electrons. The van der Waals surface area contributed by atoms with Gasteiger partial charge in [0, 0.05) is 18.7 Å². The van der Waals surface area contributed by atoms with Gasteiger partial charge in [0.05, 0.1) is 6.54 Å². The maximum absolute atomic E-state index is 11.8. The Morgan fingerprint density at radius 3 is 2.52 bits per heavy atom. The van der Waals surface area contributed by atoms with Gasteiger partial charge in [-0.1, -0.05) is 6.92 Å². The number of rotatable bonds is 7. The number of aromatic nitrogens is 1. The second-order valence-electron chi connectivity index (χ2n) is 5.30. The molecule has 0 fully saturated rings. The van der Waals surface area contributed by atoms with Gasteiger partial charge in [0.25, 0.3) is 5.56 Å². The monoisotopic (exact) mass is 318 g/mol. The van der Waals surface area contributed by atoms with Crippen LogP contribution in [0.1, 0.15) is 42.1 Å². The topological polar surface area (TPSA) is 115 Å². The van der Waals surface area contributed by atoms with Crippen LogP contribution in [0.15, 0.2) is 4.79 Å². The fourth-order valence-corrected chi connectivity index (χ4v) is 2.25. The number of aryl methyl sites for hydroxylation is 1. The Morgan fingerprint density at radius 1 is 1.22 bits per heavy atom. The number of hydrogen-bond acceptors (Lipinski definition) is 4. The SMILES string of the molecule is CCCNC(=O)CNC(=O)CCc1c(C)[nH]c(=O)c(C#N)c1C. The van der Waals surface area contributed by atoms with Crippen molar-refractivity contribution >= 4 is 11.8 Å². The highest BCUT2D eigenvalue weighted by Crippen LogP contribution is 2.14. The van der Waals surface area contributed by atoms with Crippen molar-refractivity contribution in [3.05, 3.63) is 32.7 Å². The van der Waals surface area contributed by atoms with Crippen molar-refractivity contribution in [3.8, 4) is 6.07 Å². The molecule has 0 atom stereocenters. The molecule has 0 aromatic carbocycles. The third kappa shape index (κ3) is 5.25. The molecule has 0 saturated heterocycles. The molecule has 1 aromatic rings. The molecule has 23 heavy (non-hydrogen) atoms. The largest absolute Gasteiger partial charge is 0.355 e. The van der Waals surface area contributed by atoms with Crippen LogP contribution in [0.5, 0.6) is 0 Å². The lowest BCUT2D eigenvalue weighted by atomic mass is 9.99. The molecule has 0 spiro atoms. The van der Waals surface area contributed by atoms with Crippen LogP contribution in [-0.2, 0) is 16.0 Å². The maximum atomic E-state index is 11.8. The summed E-state index contributed by atoms with van der Waals surface area (Å²) >= 11 is 0. The van der Waals surface area contributed by atoms with Gasteiger partial charge in [-0.25, -0.2) is 0 Å². The van der Waals surface area contributed by atoms with E-state index in [2.05, 4.69) is 15.6 Å². The molecule has 1 heterocycles. The van der Waals surface area contributed by atoms with E-state index in [9.17, 15) is 14.4 Å². The van der Waals surface area contributed by atoms with Crippen LogP contribution >= 0.6 is 0 Å². The maximum Gasteiger partial charge on any atom is 0.266 e. The molecule has 7 heteroatoms. The van der Waals surface area contributed by atoms with E-state index in [0.29, 0.717) is 24.2 Å². The first-order valence-corrected chi connectivity index (χ1v) is 7.56. The summed E-state index contributed by atoms with van der Waals surface area (Å²) in [5.41, 5.74) is 1.70. The van der Waals surface area contributed by atoms with E-state index < -0.39 is 5.56 Å². The van der Waals surface area contributed by atoms with Gasteiger partial charge in [0.1, 0.15) is 11.6 Å². The molecule has 0 bridgehead atoms. The minimum absolute atomic E-state index is 0.0497. The van der Waals surface area contributed by atoms with Crippen LogP contribution < -0.4 is 16.2 Å². The number of hydrogen-bond donors (Lipinski definition) is 3. The van der Waals surface area contributed by atoms with Crippen LogP contribution in [0.25, 0.3) is 0 Å². The third-order valence-corrected chi connectivity index (χ3v) is 3.54. The summed E-state index contributed by atoms with van der Waals surface area (Å²) < 4.78 is 0. The Balaban J connectivity index is 2.62. The van der Waals surface area contributed by atoms with Crippen molar-refractivity contribution in [1.29, 1.82) is 5.26 Å². The van der Waals surface area contributed by atoms with Gasteiger partial charge >= 0.3 is 0 Å². The summed E-state index contributed by atoms with van der Waals surface area (Å²) in [6, 6.07) is 1.88. The molecule has 3 N–H and O–H groups in total. The fourth-order valence-electron chi connectivity index (χ4n) is 2.25. The molecular weight excluding hydrogens is 296 g/mol. The second-order valence-corrected chi connectivity index (χ2v) is 5.30. The lowest BCUT2D eigenvalue weighted by molar-refractivity contribution is -0.126. The highest BCUT2D eigenvalue weighted by Gasteiger charge is 2.13.